The number of carbonyl (C=O) groups excluding carboxylic acids is 2. The molecule has 6 nitrogen and oxygen atoms in total. The summed E-state index contributed by atoms with van der Waals surface area (Å²) in [6.07, 6.45) is 2.31. The van der Waals surface area contributed by atoms with Gasteiger partial charge >= 0.3 is 12.2 Å². The molecule has 2 fully saturated rings. The molecule has 6 heteroatoms. The second-order valence-electron chi connectivity index (χ2n) is 8.21. The maximum atomic E-state index is 12.7. The third kappa shape index (κ3) is 4.11. The first-order chi connectivity index (χ1) is 12.3. The van der Waals surface area contributed by atoms with Gasteiger partial charge in [0.15, 0.2) is 0 Å². The molecule has 0 N–H and O–H groups in total. The fourth-order valence-electron chi connectivity index (χ4n) is 3.63. The minimum Gasteiger partial charge on any atom is -0.445 e. The summed E-state index contributed by atoms with van der Waals surface area (Å²) in [4.78, 5) is 28.4. The van der Waals surface area contributed by atoms with Crippen molar-refractivity contribution in [2.75, 3.05) is 19.6 Å². The zero-order chi connectivity index (χ0) is 18.8. The van der Waals surface area contributed by atoms with Gasteiger partial charge in [0.05, 0.1) is 5.54 Å². The van der Waals surface area contributed by atoms with Crippen LogP contribution >= 0.6 is 0 Å². The molecule has 142 valence electrons. The van der Waals surface area contributed by atoms with E-state index in [1.807, 2.05) is 56.0 Å². The molecule has 2 amide bonds. The zero-order valence-corrected chi connectivity index (χ0v) is 15.9. The van der Waals surface area contributed by atoms with Crippen molar-refractivity contribution in [3.63, 3.8) is 0 Å². The Labute approximate surface area is 155 Å². The van der Waals surface area contributed by atoms with Crippen molar-refractivity contribution in [1.82, 2.24) is 9.80 Å². The summed E-state index contributed by atoms with van der Waals surface area (Å²) in [5, 5.41) is 0. The lowest BCUT2D eigenvalue weighted by atomic mass is 9.80. The number of rotatable bonds is 2. The molecule has 0 atom stereocenters. The summed E-state index contributed by atoms with van der Waals surface area (Å²) in [5.74, 6) is 0. The van der Waals surface area contributed by atoms with Crippen LogP contribution in [0, 0.1) is 0 Å². The molecule has 3 rings (SSSR count). The van der Waals surface area contributed by atoms with Gasteiger partial charge in [0, 0.05) is 19.6 Å². The first-order valence-electron chi connectivity index (χ1n) is 9.25. The topological polar surface area (TPSA) is 59.1 Å². The zero-order valence-electron chi connectivity index (χ0n) is 15.9. The van der Waals surface area contributed by atoms with Crippen molar-refractivity contribution >= 4 is 12.2 Å². The number of benzene rings is 1. The molecule has 2 aliphatic heterocycles. The molecular formula is C20H28N2O4. The highest BCUT2D eigenvalue weighted by Gasteiger charge is 2.53. The van der Waals surface area contributed by atoms with E-state index in [0.29, 0.717) is 19.6 Å². The van der Waals surface area contributed by atoms with Crippen LogP contribution in [0.1, 0.15) is 45.6 Å². The quantitative estimate of drug-likeness (QED) is 0.805. The fraction of sp³-hybridized carbons (Fsp3) is 0.600. The number of likely N-dealkylation sites (tertiary alicyclic amines) is 2. The van der Waals surface area contributed by atoms with Crippen LogP contribution in [-0.2, 0) is 16.1 Å². The Morgan fingerprint density at radius 3 is 2.42 bits per heavy atom. The van der Waals surface area contributed by atoms with Crippen LogP contribution in [0.4, 0.5) is 9.59 Å². The van der Waals surface area contributed by atoms with E-state index in [-0.39, 0.29) is 24.3 Å². The van der Waals surface area contributed by atoms with Gasteiger partial charge in [-0.25, -0.2) is 9.59 Å². The van der Waals surface area contributed by atoms with Crippen LogP contribution in [0.5, 0.6) is 0 Å². The normalized spacial score (nSPS) is 19.0. The average molecular weight is 360 g/mol. The lowest BCUT2D eigenvalue weighted by molar-refractivity contribution is -0.0755. The Hall–Kier alpha value is -2.24. The molecule has 26 heavy (non-hydrogen) atoms. The lowest BCUT2D eigenvalue weighted by Gasteiger charge is -2.56. The molecule has 1 aromatic carbocycles. The van der Waals surface area contributed by atoms with Crippen LogP contribution in [0.3, 0.4) is 0 Å². The van der Waals surface area contributed by atoms with Crippen molar-refractivity contribution in [1.29, 1.82) is 0 Å². The minimum absolute atomic E-state index is 0.266. The van der Waals surface area contributed by atoms with E-state index in [9.17, 15) is 9.59 Å². The summed E-state index contributed by atoms with van der Waals surface area (Å²) in [6, 6.07) is 9.66. The van der Waals surface area contributed by atoms with E-state index >= 15 is 0 Å². The summed E-state index contributed by atoms with van der Waals surface area (Å²) in [6.45, 7) is 7.54. The van der Waals surface area contributed by atoms with E-state index in [4.69, 9.17) is 9.47 Å². The molecule has 2 aliphatic rings. The second-order valence-corrected chi connectivity index (χ2v) is 8.21. The maximum absolute atomic E-state index is 12.7. The van der Waals surface area contributed by atoms with Gasteiger partial charge in [0.2, 0.25) is 0 Å². The number of piperidine rings is 1. The Balaban J connectivity index is 1.58. The Morgan fingerprint density at radius 2 is 1.77 bits per heavy atom. The van der Waals surface area contributed by atoms with Crippen molar-refractivity contribution in [3.05, 3.63) is 35.9 Å². The van der Waals surface area contributed by atoms with Crippen molar-refractivity contribution in [2.45, 2.75) is 57.8 Å². The van der Waals surface area contributed by atoms with E-state index in [0.717, 1.165) is 24.8 Å². The third-order valence-corrected chi connectivity index (χ3v) is 4.89. The first kappa shape index (κ1) is 18.5. The summed E-state index contributed by atoms with van der Waals surface area (Å²) >= 11 is 0. The van der Waals surface area contributed by atoms with E-state index in [1.165, 1.54) is 0 Å². The predicted molar refractivity (Wildman–Crippen MR) is 97.7 cm³/mol. The second kappa shape index (κ2) is 7.17. The monoisotopic (exact) mass is 360 g/mol. The molecule has 2 heterocycles. The van der Waals surface area contributed by atoms with Gasteiger partial charge in [0.25, 0.3) is 0 Å². The van der Waals surface area contributed by atoms with Crippen molar-refractivity contribution in [3.8, 4) is 0 Å². The molecule has 0 saturated carbocycles. The van der Waals surface area contributed by atoms with E-state index in [2.05, 4.69) is 0 Å². The number of ether oxygens (including phenoxy) is 2. The summed E-state index contributed by atoms with van der Waals surface area (Å²) < 4.78 is 11.0. The van der Waals surface area contributed by atoms with Gasteiger partial charge in [-0.1, -0.05) is 30.3 Å². The minimum atomic E-state index is -0.513. The van der Waals surface area contributed by atoms with Crippen molar-refractivity contribution in [2.24, 2.45) is 0 Å². The van der Waals surface area contributed by atoms with Gasteiger partial charge in [-0.2, -0.15) is 0 Å². The Bertz CT molecular complexity index is 648. The standard InChI is InChI=1S/C20H28N2O4/c1-19(2,3)26-17(23)21-14-20(15-21)11-7-8-12-22(20)18(24)25-13-16-9-5-4-6-10-16/h4-6,9-10H,7-8,11-15H2,1-3H3. The lowest BCUT2D eigenvalue weighted by Crippen LogP contribution is -2.73. The van der Waals surface area contributed by atoms with Crippen LogP contribution in [0.25, 0.3) is 0 Å². The van der Waals surface area contributed by atoms with Crippen LogP contribution < -0.4 is 0 Å². The number of nitrogens with zero attached hydrogens (tertiary/aromatic N) is 2. The third-order valence-electron chi connectivity index (χ3n) is 4.89. The average Bonchev–Trinajstić information content (AvgIpc) is 2.56. The molecule has 1 aromatic rings. The number of carbonyl (C=O) groups is 2. The largest absolute Gasteiger partial charge is 0.445 e. The highest BCUT2D eigenvalue weighted by atomic mass is 16.6. The molecule has 0 radical (unpaired) electrons. The SMILES string of the molecule is CC(C)(C)OC(=O)N1CC2(CCCCN2C(=O)OCc2ccccc2)C1. The molecule has 0 bridgehead atoms. The van der Waals surface area contributed by atoms with E-state index in [1.54, 1.807) is 4.90 Å². The highest BCUT2D eigenvalue weighted by Crippen LogP contribution is 2.37. The number of hydrogen-bond donors (Lipinski definition) is 0. The van der Waals surface area contributed by atoms with Gasteiger partial charge in [-0.3, -0.25) is 4.90 Å². The predicted octanol–water partition coefficient (Wildman–Crippen LogP) is 3.80. The summed E-state index contributed by atoms with van der Waals surface area (Å²) in [5.41, 5.74) is 0.153. The summed E-state index contributed by atoms with van der Waals surface area (Å²) in [7, 11) is 0. The van der Waals surface area contributed by atoms with Gasteiger partial charge in [-0.15, -0.1) is 0 Å². The van der Waals surface area contributed by atoms with Crippen LogP contribution in [0.2, 0.25) is 0 Å². The molecule has 1 spiro atoms. The first-order valence-corrected chi connectivity index (χ1v) is 9.25. The molecule has 0 aromatic heterocycles. The number of hydrogen-bond acceptors (Lipinski definition) is 4. The number of amides is 2. The highest BCUT2D eigenvalue weighted by molar-refractivity contribution is 5.73. The van der Waals surface area contributed by atoms with Gasteiger partial charge in [-0.05, 0) is 45.6 Å². The maximum Gasteiger partial charge on any atom is 0.410 e. The van der Waals surface area contributed by atoms with Crippen molar-refractivity contribution < 1.29 is 19.1 Å². The Kier molecular flexibility index (Phi) is 5.12. The van der Waals surface area contributed by atoms with Crippen LogP contribution in [0.15, 0.2) is 30.3 Å². The molecular weight excluding hydrogens is 332 g/mol. The van der Waals surface area contributed by atoms with Gasteiger partial charge in [0.1, 0.15) is 12.2 Å². The van der Waals surface area contributed by atoms with Gasteiger partial charge < -0.3 is 14.4 Å². The Morgan fingerprint density at radius 1 is 1.08 bits per heavy atom. The molecule has 0 unspecified atom stereocenters. The smallest absolute Gasteiger partial charge is 0.410 e. The fourth-order valence-corrected chi connectivity index (χ4v) is 3.63. The molecule has 2 saturated heterocycles. The van der Waals surface area contributed by atoms with E-state index < -0.39 is 5.60 Å². The molecule has 0 aliphatic carbocycles. The van der Waals surface area contributed by atoms with Crippen LogP contribution in [-0.4, -0.2) is 52.8 Å².